The molecule has 0 aliphatic heterocycles. The molecule has 0 aromatic heterocycles. The first-order chi connectivity index (χ1) is 18.5. The van der Waals surface area contributed by atoms with Gasteiger partial charge in [-0.2, -0.15) is 8.42 Å². The van der Waals surface area contributed by atoms with E-state index in [0.29, 0.717) is 38.0 Å². The minimum atomic E-state index is -4.74. The van der Waals surface area contributed by atoms with Crippen molar-refractivity contribution in [1.29, 1.82) is 0 Å². The first kappa shape index (κ1) is 38.3. The van der Waals surface area contributed by atoms with Crippen LogP contribution in [0.1, 0.15) is 92.9 Å². The fourth-order valence-electron chi connectivity index (χ4n) is 4.80. The first-order valence-corrected chi connectivity index (χ1v) is 15.9. The molecular weight excluding hydrogens is 534 g/mol. The van der Waals surface area contributed by atoms with E-state index >= 15 is 0 Å². The molecule has 0 aliphatic carbocycles. The van der Waals surface area contributed by atoms with Gasteiger partial charge in [0.15, 0.2) is 11.6 Å². The lowest BCUT2D eigenvalue weighted by atomic mass is 9.89. The van der Waals surface area contributed by atoms with Gasteiger partial charge in [0.05, 0.1) is 18.1 Å². The topological polar surface area (TPSA) is 142 Å². The van der Waals surface area contributed by atoms with Crippen LogP contribution in [-0.4, -0.2) is 80.7 Å². The third kappa shape index (κ3) is 15.4. The third-order valence-corrected chi connectivity index (χ3v) is 7.48. The monoisotopic (exact) mass is 589 g/mol. The lowest BCUT2D eigenvalue weighted by Gasteiger charge is -2.33. The van der Waals surface area contributed by atoms with Gasteiger partial charge in [0.1, 0.15) is 6.10 Å². The molecule has 0 aromatic carbocycles. The number of hydrogen-bond donors (Lipinski definition) is 3. The zero-order valence-corrected chi connectivity index (χ0v) is 26.9. The van der Waals surface area contributed by atoms with Crippen LogP contribution < -0.4 is 10.6 Å². The molecule has 0 heterocycles. The predicted octanol–water partition coefficient (Wildman–Crippen LogP) is 3.96. The zero-order chi connectivity index (χ0) is 31.0. The molecule has 10 nitrogen and oxygen atoms in total. The van der Waals surface area contributed by atoms with Gasteiger partial charge in [-0.05, 0) is 71.5 Å². The zero-order valence-electron chi connectivity index (χ0n) is 26.1. The number of ketones is 2. The average molecular weight is 590 g/mol. The normalized spacial score (nSPS) is 16.3. The molecule has 40 heavy (non-hydrogen) atoms. The molecule has 0 radical (unpaired) electrons. The summed E-state index contributed by atoms with van der Waals surface area (Å²) in [6, 6.07) is -1.72. The summed E-state index contributed by atoms with van der Waals surface area (Å²) in [6.45, 7) is 11.6. The molecule has 234 valence electrons. The Bertz CT molecular complexity index is 903. The highest BCUT2D eigenvalue weighted by Gasteiger charge is 2.37. The van der Waals surface area contributed by atoms with Crippen LogP contribution in [0.2, 0.25) is 0 Å². The van der Waals surface area contributed by atoms with Gasteiger partial charge < -0.3 is 10.6 Å². The summed E-state index contributed by atoms with van der Waals surface area (Å²) in [7, 11) is 0.369. The van der Waals surface area contributed by atoms with E-state index in [4.69, 9.17) is 4.18 Å². The number of likely N-dealkylation sites (N-methyl/N-ethyl adjacent to an activating group) is 2. The van der Waals surface area contributed by atoms with Gasteiger partial charge in [0.2, 0.25) is 5.91 Å². The van der Waals surface area contributed by atoms with Crippen LogP contribution >= 0.6 is 0 Å². The number of carbonyl (C=O) groups excluding carboxylic acids is 3. The lowest BCUT2D eigenvalue weighted by molar-refractivity contribution is -0.130. The van der Waals surface area contributed by atoms with Crippen molar-refractivity contribution in [2.45, 2.75) is 117 Å². The largest absolute Gasteiger partial charge is 0.397 e. The SMILES string of the molecule is C/C=C/C[C@@H](C)[C@@H](OS(=O)(=O)O)[C@@H](C(=O)CCCCCCC(=O)[C@@H](NC(=O)[C@H](CC(C)C)NC)C(C)C)N(C)C. The standard InChI is InChI=1S/C29H55N3O7S/c1-10-11-16-22(6)28(39-40(36,37)38)27(32(8)9)25(34)18-15-13-12-14-17-24(33)26(21(4)5)31-29(35)23(30-7)19-20(2)3/h10-11,20-23,26-28,30H,12-19H2,1-9H3,(H,31,35)(H,36,37,38)/b11-10+/t22-,23+,26+,27-,28-/m1/s1. The number of amides is 1. The molecule has 0 unspecified atom stereocenters. The Labute approximate surface area is 243 Å². The Morgan fingerprint density at radius 1 is 0.950 bits per heavy atom. The summed E-state index contributed by atoms with van der Waals surface area (Å²) in [6.07, 6.45) is 7.14. The molecule has 0 aromatic rings. The molecule has 0 rings (SSSR count). The number of carbonyl (C=O) groups is 3. The van der Waals surface area contributed by atoms with Crippen LogP contribution in [0.25, 0.3) is 0 Å². The highest BCUT2D eigenvalue weighted by Crippen LogP contribution is 2.23. The summed E-state index contributed by atoms with van der Waals surface area (Å²) >= 11 is 0. The van der Waals surface area contributed by atoms with Crippen molar-refractivity contribution < 1.29 is 31.5 Å². The summed E-state index contributed by atoms with van der Waals surface area (Å²) in [5, 5.41) is 5.97. The summed E-state index contributed by atoms with van der Waals surface area (Å²) in [5.74, 6) is -0.324. The van der Waals surface area contributed by atoms with Crippen molar-refractivity contribution in [1.82, 2.24) is 15.5 Å². The van der Waals surface area contributed by atoms with Crippen LogP contribution in [0, 0.1) is 17.8 Å². The third-order valence-electron chi connectivity index (χ3n) is 7.01. The number of nitrogens with zero attached hydrogens (tertiary/aromatic N) is 1. The molecule has 11 heteroatoms. The van der Waals surface area contributed by atoms with E-state index in [1.807, 2.05) is 46.8 Å². The van der Waals surface area contributed by atoms with Crippen molar-refractivity contribution >= 4 is 27.9 Å². The smallest absolute Gasteiger partial charge is 0.345 e. The quantitative estimate of drug-likeness (QED) is 0.0971. The van der Waals surface area contributed by atoms with Gasteiger partial charge in [0.25, 0.3) is 0 Å². The number of unbranched alkanes of at least 4 members (excludes halogenated alkanes) is 3. The van der Waals surface area contributed by atoms with Crippen LogP contribution in [0.5, 0.6) is 0 Å². The van der Waals surface area contributed by atoms with Gasteiger partial charge in [0, 0.05) is 12.8 Å². The predicted molar refractivity (Wildman–Crippen MR) is 159 cm³/mol. The fraction of sp³-hybridized carbons (Fsp3) is 0.828. The number of allylic oxidation sites excluding steroid dienone is 2. The fourth-order valence-corrected chi connectivity index (χ4v) is 5.38. The van der Waals surface area contributed by atoms with Gasteiger partial charge >= 0.3 is 10.4 Å². The minimum Gasteiger partial charge on any atom is -0.345 e. The average Bonchev–Trinajstić information content (AvgIpc) is 2.84. The molecule has 3 N–H and O–H groups in total. The molecule has 0 spiro atoms. The molecule has 5 atom stereocenters. The summed E-state index contributed by atoms with van der Waals surface area (Å²) in [4.78, 5) is 40.4. The van der Waals surface area contributed by atoms with Crippen molar-refractivity contribution in [2.75, 3.05) is 21.1 Å². The van der Waals surface area contributed by atoms with E-state index in [1.165, 1.54) is 0 Å². The first-order valence-electron chi connectivity index (χ1n) is 14.5. The number of nitrogens with one attached hydrogen (secondary N) is 2. The molecule has 0 saturated carbocycles. The van der Waals surface area contributed by atoms with Crippen LogP contribution in [0.4, 0.5) is 0 Å². The van der Waals surface area contributed by atoms with Gasteiger partial charge in [-0.3, -0.25) is 23.8 Å². The van der Waals surface area contributed by atoms with Crippen LogP contribution in [0.15, 0.2) is 12.2 Å². The Morgan fingerprint density at radius 3 is 1.93 bits per heavy atom. The Morgan fingerprint density at radius 2 is 1.50 bits per heavy atom. The van der Waals surface area contributed by atoms with E-state index in [1.54, 1.807) is 33.0 Å². The van der Waals surface area contributed by atoms with Crippen LogP contribution in [-0.2, 0) is 29.0 Å². The molecule has 0 fully saturated rings. The van der Waals surface area contributed by atoms with E-state index in [9.17, 15) is 27.4 Å². The molecule has 0 saturated heterocycles. The van der Waals surface area contributed by atoms with Crippen molar-refractivity contribution in [2.24, 2.45) is 17.8 Å². The van der Waals surface area contributed by atoms with Gasteiger partial charge in [-0.25, -0.2) is 4.18 Å². The molecular formula is C29H55N3O7S. The second-order valence-corrected chi connectivity index (χ2v) is 12.8. The Hall–Kier alpha value is -1.66. The maximum atomic E-state index is 13.1. The van der Waals surface area contributed by atoms with E-state index in [0.717, 1.165) is 12.8 Å². The van der Waals surface area contributed by atoms with Gasteiger partial charge in [-0.1, -0.05) is 59.6 Å². The second-order valence-electron chi connectivity index (χ2n) is 11.7. The van der Waals surface area contributed by atoms with E-state index in [-0.39, 0.29) is 41.8 Å². The van der Waals surface area contributed by atoms with Crippen molar-refractivity contribution in [3.63, 3.8) is 0 Å². The van der Waals surface area contributed by atoms with Crippen molar-refractivity contribution in [3.05, 3.63) is 12.2 Å². The van der Waals surface area contributed by atoms with Crippen molar-refractivity contribution in [3.8, 4) is 0 Å². The van der Waals surface area contributed by atoms with Crippen LogP contribution in [0.3, 0.4) is 0 Å². The van der Waals surface area contributed by atoms with Gasteiger partial charge in [-0.15, -0.1) is 0 Å². The molecule has 1 amide bonds. The number of rotatable bonds is 22. The maximum absolute atomic E-state index is 13.1. The number of Topliss-reactive ketones (excluding diaryl/α,β-unsaturated/α-hetero) is 2. The maximum Gasteiger partial charge on any atom is 0.397 e. The second kappa shape index (κ2) is 19.5. The minimum absolute atomic E-state index is 0.00631. The number of hydrogen-bond acceptors (Lipinski definition) is 8. The molecule has 0 aliphatic rings. The summed E-state index contributed by atoms with van der Waals surface area (Å²) < 4.78 is 37.4. The molecule has 0 bridgehead atoms. The highest BCUT2D eigenvalue weighted by molar-refractivity contribution is 7.80. The Kier molecular flexibility index (Phi) is 18.7. The van der Waals surface area contributed by atoms with E-state index < -0.39 is 28.6 Å². The Balaban J connectivity index is 4.95. The van der Waals surface area contributed by atoms with E-state index in [2.05, 4.69) is 10.6 Å². The highest BCUT2D eigenvalue weighted by atomic mass is 32.3. The lowest BCUT2D eigenvalue weighted by Crippen LogP contribution is -2.51. The summed E-state index contributed by atoms with van der Waals surface area (Å²) in [5.41, 5.74) is 0.